The topological polar surface area (TPSA) is 114 Å². The number of carbonyl (C=O) groups is 4. The van der Waals surface area contributed by atoms with E-state index in [-0.39, 0.29) is 28.6 Å². The number of carboxylic acid groups (broad SMARTS) is 2. The summed E-state index contributed by atoms with van der Waals surface area (Å²) < 4.78 is 0. The molecule has 0 aromatic carbocycles. The molecule has 0 spiro atoms. The zero-order valence-electron chi connectivity index (χ0n) is 19.9. The maximum absolute atomic E-state index is 10.9. The van der Waals surface area contributed by atoms with Gasteiger partial charge in [0, 0.05) is 0 Å². The van der Waals surface area contributed by atoms with Crippen LogP contribution in [-0.4, -0.2) is 23.5 Å². The van der Waals surface area contributed by atoms with Gasteiger partial charge in [-0.1, -0.05) is 90.9 Å². The fourth-order valence-corrected chi connectivity index (χ4v) is 3.23. The first-order valence-electron chi connectivity index (χ1n) is 11.6. The number of hydrogen-bond donors (Lipinski definition) is 0. The van der Waals surface area contributed by atoms with E-state index < -0.39 is 23.8 Å². The monoisotopic (exact) mass is 481 g/mol. The van der Waals surface area contributed by atoms with Crippen molar-refractivity contribution >= 4 is 23.5 Å². The second-order valence-corrected chi connectivity index (χ2v) is 8.08. The molecule has 0 aliphatic rings. The van der Waals surface area contributed by atoms with Crippen molar-refractivity contribution in [1.82, 2.24) is 0 Å². The Morgan fingerprint density at radius 1 is 0.548 bits per heavy atom. The van der Waals surface area contributed by atoms with Crippen LogP contribution in [0, 0.1) is 11.8 Å². The van der Waals surface area contributed by atoms with Gasteiger partial charge >= 0.3 is 17.1 Å². The third-order valence-electron chi connectivity index (χ3n) is 5.24. The van der Waals surface area contributed by atoms with Crippen molar-refractivity contribution in [2.75, 3.05) is 0 Å². The Hall–Kier alpha value is -1.20. The number of ketones is 2. The molecule has 31 heavy (non-hydrogen) atoms. The van der Waals surface area contributed by atoms with Crippen LogP contribution in [0.15, 0.2) is 0 Å². The molecule has 1 radical (unpaired) electrons. The molecule has 6 nitrogen and oxygen atoms in total. The Kier molecular flexibility index (Phi) is 26.0. The summed E-state index contributed by atoms with van der Waals surface area (Å²) in [5, 5.41) is 21.2. The van der Waals surface area contributed by atoms with E-state index >= 15 is 0 Å². The standard InChI is InChI=1S/2C12H22O3.Mn/c2*1-3-4-5-6-7-8-9-11(10(2)13)12(14)15;/h2*11H,3-9H2,1-2H3,(H,14,15);/q;;+2/p-2. The first-order valence-corrected chi connectivity index (χ1v) is 11.6. The number of aliphatic carboxylic acids is 2. The predicted molar refractivity (Wildman–Crippen MR) is 114 cm³/mol. The van der Waals surface area contributed by atoms with E-state index in [1.807, 2.05) is 0 Å². The Bertz CT molecular complexity index is 420. The van der Waals surface area contributed by atoms with Gasteiger partial charge < -0.3 is 19.8 Å². The molecular weight excluding hydrogens is 439 g/mol. The minimum absolute atomic E-state index is 0. The van der Waals surface area contributed by atoms with Crippen molar-refractivity contribution in [2.24, 2.45) is 11.8 Å². The number of Topliss-reactive ketones (excluding diaryl/α,β-unsaturated/α-hetero) is 2. The molecule has 181 valence electrons. The molecule has 2 atom stereocenters. The third-order valence-corrected chi connectivity index (χ3v) is 5.24. The maximum atomic E-state index is 10.9. The number of unbranched alkanes of at least 4 members (excludes halogenated alkanes) is 10. The smallest absolute Gasteiger partial charge is 0.549 e. The molecule has 0 aliphatic carbocycles. The molecule has 0 fully saturated rings. The molecular formula is C24H42MnO6. The molecule has 0 saturated carbocycles. The fourth-order valence-electron chi connectivity index (χ4n) is 3.23. The van der Waals surface area contributed by atoms with E-state index in [0.717, 1.165) is 38.5 Å². The van der Waals surface area contributed by atoms with Gasteiger partial charge in [-0.05, 0) is 26.7 Å². The normalized spacial score (nSPS) is 12.0. The number of rotatable bonds is 18. The average Bonchev–Trinajstić information content (AvgIpc) is 2.66. The van der Waals surface area contributed by atoms with Crippen LogP contribution in [0.1, 0.15) is 118 Å². The number of carbonyl (C=O) groups excluding carboxylic acids is 4. The zero-order chi connectivity index (χ0) is 23.4. The predicted octanol–water partition coefficient (Wildman–Crippen LogP) is 3.38. The Morgan fingerprint density at radius 2 is 0.806 bits per heavy atom. The van der Waals surface area contributed by atoms with E-state index in [1.54, 1.807) is 0 Å². The van der Waals surface area contributed by atoms with Crippen LogP contribution in [0.4, 0.5) is 0 Å². The second-order valence-electron chi connectivity index (χ2n) is 8.08. The summed E-state index contributed by atoms with van der Waals surface area (Å²) >= 11 is 0. The summed E-state index contributed by atoms with van der Waals surface area (Å²) in [6.45, 7) is 6.94. The van der Waals surface area contributed by atoms with Gasteiger partial charge in [0.05, 0.1) is 23.8 Å². The average molecular weight is 482 g/mol. The van der Waals surface area contributed by atoms with Gasteiger partial charge in [0.2, 0.25) is 0 Å². The summed E-state index contributed by atoms with van der Waals surface area (Å²) in [5.74, 6) is -4.81. The molecule has 0 aromatic rings. The molecule has 0 N–H and O–H groups in total. The largest absolute Gasteiger partial charge is 2.00 e. The molecule has 0 saturated heterocycles. The van der Waals surface area contributed by atoms with Gasteiger partial charge in [-0.15, -0.1) is 0 Å². The Labute approximate surface area is 199 Å². The SMILES string of the molecule is CCCCCCCCC(C(C)=O)C(=O)[O-].CCCCCCCCC(C(C)=O)C(=O)[O-].[Mn+2]. The first kappa shape index (κ1) is 34.4. The number of carboxylic acids is 2. The molecule has 0 bridgehead atoms. The van der Waals surface area contributed by atoms with Crippen LogP contribution in [0.5, 0.6) is 0 Å². The second kappa shape index (κ2) is 23.5. The van der Waals surface area contributed by atoms with Gasteiger partial charge in [-0.2, -0.15) is 0 Å². The van der Waals surface area contributed by atoms with Crippen molar-refractivity contribution in [3.8, 4) is 0 Å². The quantitative estimate of drug-likeness (QED) is 0.168. The van der Waals surface area contributed by atoms with Gasteiger partial charge in [-0.3, -0.25) is 9.59 Å². The van der Waals surface area contributed by atoms with Crippen molar-refractivity contribution in [3.63, 3.8) is 0 Å². The van der Waals surface area contributed by atoms with Crippen LogP contribution in [-0.2, 0) is 36.2 Å². The van der Waals surface area contributed by atoms with Crippen LogP contribution >= 0.6 is 0 Å². The maximum Gasteiger partial charge on any atom is 2.00 e. The number of hydrogen-bond acceptors (Lipinski definition) is 6. The van der Waals surface area contributed by atoms with E-state index in [1.165, 1.54) is 52.4 Å². The Balaban J connectivity index is -0.000000490. The van der Waals surface area contributed by atoms with E-state index in [9.17, 15) is 29.4 Å². The molecule has 0 aromatic heterocycles. The minimum Gasteiger partial charge on any atom is -0.549 e. The van der Waals surface area contributed by atoms with Crippen LogP contribution in [0.2, 0.25) is 0 Å². The van der Waals surface area contributed by atoms with E-state index in [0.29, 0.717) is 12.8 Å². The summed E-state index contributed by atoms with van der Waals surface area (Å²) in [5.41, 5.74) is 0. The molecule has 7 heteroatoms. The zero-order valence-corrected chi connectivity index (χ0v) is 21.1. The van der Waals surface area contributed by atoms with Crippen LogP contribution in [0.3, 0.4) is 0 Å². The van der Waals surface area contributed by atoms with E-state index in [2.05, 4.69) is 13.8 Å². The van der Waals surface area contributed by atoms with Crippen LogP contribution in [0.25, 0.3) is 0 Å². The molecule has 0 heterocycles. The molecule has 0 rings (SSSR count). The fraction of sp³-hybridized carbons (Fsp3) is 0.833. The third kappa shape index (κ3) is 21.8. The summed E-state index contributed by atoms with van der Waals surface area (Å²) in [6.07, 6.45) is 14.0. The molecule has 0 aliphatic heterocycles. The van der Waals surface area contributed by atoms with Crippen molar-refractivity contribution in [3.05, 3.63) is 0 Å². The van der Waals surface area contributed by atoms with Gasteiger partial charge in [0.15, 0.2) is 0 Å². The summed E-state index contributed by atoms with van der Waals surface area (Å²) in [7, 11) is 0. The van der Waals surface area contributed by atoms with E-state index in [4.69, 9.17) is 0 Å². The minimum atomic E-state index is -1.23. The van der Waals surface area contributed by atoms with Gasteiger partial charge in [-0.25, -0.2) is 0 Å². The molecule has 2 unspecified atom stereocenters. The molecule has 0 amide bonds. The van der Waals surface area contributed by atoms with Crippen molar-refractivity contribution in [2.45, 2.75) is 118 Å². The first-order chi connectivity index (χ1) is 14.2. The van der Waals surface area contributed by atoms with Crippen molar-refractivity contribution < 1.29 is 46.5 Å². The van der Waals surface area contributed by atoms with Crippen LogP contribution < -0.4 is 10.2 Å². The van der Waals surface area contributed by atoms with Gasteiger partial charge in [0.25, 0.3) is 0 Å². The van der Waals surface area contributed by atoms with Gasteiger partial charge in [0.1, 0.15) is 11.6 Å². The summed E-state index contributed by atoms with van der Waals surface area (Å²) in [4.78, 5) is 43.0. The Morgan fingerprint density at radius 3 is 1.03 bits per heavy atom. The van der Waals surface area contributed by atoms with Crippen molar-refractivity contribution in [1.29, 1.82) is 0 Å². The summed E-state index contributed by atoms with van der Waals surface area (Å²) in [6, 6.07) is 0.